The number of hydrogen-bond donors (Lipinski definition) is 0. The monoisotopic (exact) mass is 173 g/mol. The van der Waals surface area contributed by atoms with E-state index in [9.17, 15) is 4.39 Å². The van der Waals surface area contributed by atoms with Crippen LogP contribution in [0, 0.1) is 0 Å². The summed E-state index contributed by atoms with van der Waals surface area (Å²) in [6, 6.07) is 0. The van der Waals surface area contributed by atoms with Gasteiger partial charge in [-0.25, -0.2) is 4.39 Å². The van der Waals surface area contributed by atoms with Crippen molar-refractivity contribution in [3.63, 3.8) is 0 Å². The average molecular weight is 173 g/mol. The standard InChI is InChI=1S/C10H20FN/c1-2-10(11)9-12-7-5-3-4-6-8-12/h10H,2-9H2,1H3. The van der Waals surface area contributed by atoms with Crippen molar-refractivity contribution in [3.8, 4) is 0 Å². The van der Waals surface area contributed by atoms with Crippen LogP contribution >= 0.6 is 0 Å². The molecule has 12 heavy (non-hydrogen) atoms. The molecule has 0 saturated carbocycles. The Morgan fingerprint density at radius 2 is 1.75 bits per heavy atom. The quantitative estimate of drug-likeness (QED) is 0.634. The Morgan fingerprint density at radius 3 is 2.25 bits per heavy atom. The summed E-state index contributed by atoms with van der Waals surface area (Å²) in [5.41, 5.74) is 0. The van der Waals surface area contributed by atoms with E-state index in [1.807, 2.05) is 6.92 Å². The predicted molar refractivity (Wildman–Crippen MR) is 50.1 cm³/mol. The lowest BCUT2D eigenvalue weighted by Gasteiger charge is -2.21. The molecule has 1 heterocycles. The van der Waals surface area contributed by atoms with Gasteiger partial charge < -0.3 is 4.90 Å². The molecule has 1 nitrogen and oxygen atoms in total. The highest BCUT2D eigenvalue weighted by Crippen LogP contribution is 2.11. The second-order valence-corrected chi connectivity index (χ2v) is 3.72. The van der Waals surface area contributed by atoms with Gasteiger partial charge in [0.05, 0.1) is 0 Å². The Balaban J connectivity index is 2.20. The van der Waals surface area contributed by atoms with Crippen LogP contribution in [-0.4, -0.2) is 30.7 Å². The van der Waals surface area contributed by atoms with Gasteiger partial charge in [0, 0.05) is 6.54 Å². The van der Waals surface area contributed by atoms with Gasteiger partial charge in [0.25, 0.3) is 0 Å². The van der Waals surface area contributed by atoms with E-state index >= 15 is 0 Å². The molecule has 0 aromatic rings. The van der Waals surface area contributed by atoms with Crippen molar-refractivity contribution < 1.29 is 4.39 Å². The number of hydrogen-bond acceptors (Lipinski definition) is 1. The highest BCUT2D eigenvalue weighted by atomic mass is 19.1. The summed E-state index contributed by atoms with van der Waals surface area (Å²) in [4.78, 5) is 2.28. The van der Waals surface area contributed by atoms with E-state index in [0.29, 0.717) is 13.0 Å². The highest BCUT2D eigenvalue weighted by Gasteiger charge is 2.12. The number of likely N-dealkylation sites (tertiary alicyclic amines) is 1. The minimum Gasteiger partial charge on any atom is -0.300 e. The Morgan fingerprint density at radius 1 is 1.17 bits per heavy atom. The molecule has 1 fully saturated rings. The van der Waals surface area contributed by atoms with Gasteiger partial charge in [-0.1, -0.05) is 19.8 Å². The van der Waals surface area contributed by atoms with Gasteiger partial charge in [-0.2, -0.15) is 0 Å². The molecule has 1 unspecified atom stereocenters. The molecule has 0 aromatic carbocycles. The SMILES string of the molecule is CCC(F)CN1CCCCCC1. The summed E-state index contributed by atoms with van der Waals surface area (Å²) >= 11 is 0. The zero-order valence-corrected chi connectivity index (χ0v) is 8.06. The number of alkyl halides is 1. The van der Waals surface area contributed by atoms with Crippen LogP contribution in [0.25, 0.3) is 0 Å². The van der Waals surface area contributed by atoms with Gasteiger partial charge in [0.1, 0.15) is 6.17 Å². The first kappa shape index (κ1) is 9.97. The molecular weight excluding hydrogens is 153 g/mol. The van der Waals surface area contributed by atoms with E-state index < -0.39 is 6.17 Å². The molecule has 0 bridgehead atoms. The van der Waals surface area contributed by atoms with E-state index in [1.165, 1.54) is 25.7 Å². The summed E-state index contributed by atoms with van der Waals surface area (Å²) in [5.74, 6) is 0. The molecule has 0 aliphatic carbocycles. The van der Waals surface area contributed by atoms with Gasteiger partial charge in [0.2, 0.25) is 0 Å². The first-order valence-corrected chi connectivity index (χ1v) is 5.19. The number of nitrogens with zero attached hydrogens (tertiary/aromatic N) is 1. The minimum absolute atomic E-state index is 0.608. The lowest BCUT2D eigenvalue weighted by molar-refractivity contribution is 0.192. The molecule has 1 saturated heterocycles. The van der Waals surface area contributed by atoms with E-state index in [0.717, 1.165) is 13.1 Å². The van der Waals surface area contributed by atoms with E-state index in [-0.39, 0.29) is 0 Å². The fourth-order valence-corrected chi connectivity index (χ4v) is 1.73. The predicted octanol–water partition coefficient (Wildman–Crippen LogP) is 2.61. The molecule has 0 radical (unpaired) electrons. The Kier molecular flexibility index (Phi) is 4.59. The molecule has 1 aliphatic heterocycles. The Bertz CT molecular complexity index is 108. The first-order chi connectivity index (χ1) is 5.83. The van der Waals surface area contributed by atoms with Crippen LogP contribution in [0.5, 0.6) is 0 Å². The van der Waals surface area contributed by atoms with Gasteiger partial charge in [0.15, 0.2) is 0 Å². The van der Waals surface area contributed by atoms with Crippen molar-refractivity contribution in [2.24, 2.45) is 0 Å². The second kappa shape index (κ2) is 5.52. The molecule has 0 spiro atoms. The number of rotatable bonds is 3. The van der Waals surface area contributed by atoms with E-state index in [2.05, 4.69) is 4.90 Å². The molecule has 2 heteroatoms. The van der Waals surface area contributed by atoms with Crippen molar-refractivity contribution in [2.75, 3.05) is 19.6 Å². The third-order valence-corrected chi connectivity index (χ3v) is 2.60. The molecule has 0 N–H and O–H groups in total. The molecule has 0 amide bonds. The van der Waals surface area contributed by atoms with Crippen LogP contribution < -0.4 is 0 Å². The van der Waals surface area contributed by atoms with E-state index in [4.69, 9.17) is 0 Å². The topological polar surface area (TPSA) is 3.24 Å². The zero-order chi connectivity index (χ0) is 8.81. The van der Waals surface area contributed by atoms with Crippen LogP contribution in [-0.2, 0) is 0 Å². The molecule has 1 rings (SSSR count). The van der Waals surface area contributed by atoms with Crippen LogP contribution in [0.2, 0.25) is 0 Å². The second-order valence-electron chi connectivity index (χ2n) is 3.72. The summed E-state index contributed by atoms with van der Waals surface area (Å²) in [6.07, 6.45) is 5.24. The minimum atomic E-state index is -0.608. The summed E-state index contributed by atoms with van der Waals surface area (Å²) in [6.45, 7) is 4.81. The fraction of sp³-hybridized carbons (Fsp3) is 1.00. The smallest absolute Gasteiger partial charge is 0.112 e. The lowest BCUT2D eigenvalue weighted by Crippen LogP contribution is -2.31. The van der Waals surface area contributed by atoms with Crippen molar-refractivity contribution in [3.05, 3.63) is 0 Å². The summed E-state index contributed by atoms with van der Waals surface area (Å²) in [7, 11) is 0. The van der Waals surface area contributed by atoms with Crippen molar-refractivity contribution in [1.82, 2.24) is 4.90 Å². The van der Waals surface area contributed by atoms with Gasteiger partial charge in [-0.15, -0.1) is 0 Å². The first-order valence-electron chi connectivity index (χ1n) is 5.19. The average Bonchev–Trinajstić information content (AvgIpc) is 2.33. The molecule has 72 valence electrons. The number of halogens is 1. The van der Waals surface area contributed by atoms with Crippen molar-refractivity contribution in [1.29, 1.82) is 0 Å². The Hall–Kier alpha value is -0.110. The van der Waals surface area contributed by atoms with Crippen molar-refractivity contribution >= 4 is 0 Å². The zero-order valence-electron chi connectivity index (χ0n) is 8.06. The maximum Gasteiger partial charge on any atom is 0.112 e. The highest BCUT2D eigenvalue weighted by molar-refractivity contribution is 4.67. The molecule has 1 aliphatic rings. The van der Waals surface area contributed by atoms with Gasteiger partial charge in [-0.3, -0.25) is 0 Å². The normalized spacial score (nSPS) is 23.5. The van der Waals surface area contributed by atoms with Gasteiger partial charge in [-0.05, 0) is 32.4 Å². The fourth-order valence-electron chi connectivity index (χ4n) is 1.73. The van der Waals surface area contributed by atoms with Crippen molar-refractivity contribution in [2.45, 2.75) is 45.2 Å². The molecule has 1 atom stereocenters. The maximum atomic E-state index is 13.0. The summed E-state index contributed by atoms with van der Waals surface area (Å²) in [5, 5.41) is 0. The molecule has 0 aromatic heterocycles. The van der Waals surface area contributed by atoms with Crippen LogP contribution in [0.3, 0.4) is 0 Å². The maximum absolute atomic E-state index is 13.0. The van der Waals surface area contributed by atoms with Crippen LogP contribution in [0.1, 0.15) is 39.0 Å². The Labute approximate surface area is 74.9 Å². The lowest BCUT2D eigenvalue weighted by atomic mass is 10.2. The third-order valence-electron chi connectivity index (χ3n) is 2.60. The largest absolute Gasteiger partial charge is 0.300 e. The van der Waals surface area contributed by atoms with Crippen LogP contribution in [0.4, 0.5) is 4.39 Å². The summed E-state index contributed by atoms with van der Waals surface area (Å²) < 4.78 is 13.0. The third kappa shape index (κ3) is 3.53. The van der Waals surface area contributed by atoms with Gasteiger partial charge >= 0.3 is 0 Å². The van der Waals surface area contributed by atoms with E-state index in [1.54, 1.807) is 0 Å². The van der Waals surface area contributed by atoms with Crippen LogP contribution in [0.15, 0.2) is 0 Å². The molecular formula is C10H20FN.